The number of piperidine rings is 1. The van der Waals surface area contributed by atoms with Crippen LogP contribution in [-0.4, -0.2) is 61.6 Å². The first-order valence-electron chi connectivity index (χ1n) is 7.69. The summed E-state index contributed by atoms with van der Waals surface area (Å²) in [6.45, 7) is 1.09. The smallest absolute Gasteiger partial charge is 0.249 e. The van der Waals surface area contributed by atoms with Gasteiger partial charge in [-0.25, -0.2) is 8.42 Å². The van der Waals surface area contributed by atoms with Gasteiger partial charge in [0.2, 0.25) is 11.8 Å². The second-order valence-corrected chi connectivity index (χ2v) is 8.03. The molecule has 1 aliphatic heterocycles. The Morgan fingerprint density at radius 3 is 2.91 bits per heavy atom. The maximum absolute atomic E-state index is 12.4. The minimum Gasteiger partial charge on any atom is -0.384 e. The van der Waals surface area contributed by atoms with Gasteiger partial charge in [-0.1, -0.05) is 5.16 Å². The lowest BCUT2D eigenvalue weighted by molar-refractivity contribution is -0.135. The number of hydrogen-bond acceptors (Lipinski definition) is 7. The zero-order valence-electron chi connectivity index (χ0n) is 13.5. The standard InChI is InChI=1S/C14H23N3O5S/c1-21-9-6-12-15-14(22-16-12)11-5-3-4-8-17(11)13(18)7-10-23(2,19)20/h11H,3-10H2,1-2H3. The van der Waals surface area contributed by atoms with Crippen molar-refractivity contribution >= 4 is 15.7 Å². The number of amides is 1. The number of aromatic nitrogens is 2. The summed E-state index contributed by atoms with van der Waals surface area (Å²) in [7, 11) is -1.56. The third-order valence-corrected chi connectivity index (χ3v) is 4.75. The van der Waals surface area contributed by atoms with E-state index in [0.29, 0.717) is 31.3 Å². The molecule has 0 spiro atoms. The lowest BCUT2D eigenvalue weighted by Gasteiger charge is -2.33. The van der Waals surface area contributed by atoms with Crippen LogP contribution >= 0.6 is 0 Å². The Bertz CT molecular complexity index is 628. The largest absolute Gasteiger partial charge is 0.384 e. The van der Waals surface area contributed by atoms with Crippen molar-refractivity contribution < 1.29 is 22.5 Å². The summed E-state index contributed by atoms with van der Waals surface area (Å²) < 4.78 is 32.8. The Kier molecular flexibility index (Phi) is 6.11. The number of rotatable bonds is 7. The summed E-state index contributed by atoms with van der Waals surface area (Å²) in [5.74, 6) is 0.647. The maximum atomic E-state index is 12.4. The fourth-order valence-electron chi connectivity index (χ4n) is 2.60. The Morgan fingerprint density at radius 1 is 1.43 bits per heavy atom. The normalized spacial score (nSPS) is 19.0. The van der Waals surface area contributed by atoms with E-state index >= 15 is 0 Å². The summed E-state index contributed by atoms with van der Waals surface area (Å²) in [6, 6.07) is -0.264. The van der Waals surface area contributed by atoms with Crippen LogP contribution in [0, 0.1) is 0 Å². The first-order chi connectivity index (χ1) is 10.9. The van der Waals surface area contributed by atoms with Crippen LogP contribution in [0.3, 0.4) is 0 Å². The first kappa shape index (κ1) is 17.9. The van der Waals surface area contributed by atoms with Crippen molar-refractivity contribution in [3.8, 4) is 0 Å². The number of sulfone groups is 1. The van der Waals surface area contributed by atoms with Gasteiger partial charge in [0.25, 0.3) is 0 Å². The number of methoxy groups -OCH3 is 1. The minimum absolute atomic E-state index is 0.0139. The van der Waals surface area contributed by atoms with E-state index in [1.54, 1.807) is 12.0 Å². The quantitative estimate of drug-likeness (QED) is 0.718. The lowest BCUT2D eigenvalue weighted by Crippen LogP contribution is -2.39. The highest BCUT2D eigenvalue weighted by Crippen LogP contribution is 2.30. The molecular weight excluding hydrogens is 322 g/mol. The number of carbonyl (C=O) groups excluding carboxylic acids is 1. The first-order valence-corrected chi connectivity index (χ1v) is 9.75. The fourth-order valence-corrected chi connectivity index (χ4v) is 3.15. The van der Waals surface area contributed by atoms with E-state index in [1.165, 1.54) is 0 Å². The van der Waals surface area contributed by atoms with Crippen molar-refractivity contribution in [3.63, 3.8) is 0 Å². The monoisotopic (exact) mass is 345 g/mol. The van der Waals surface area contributed by atoms with Gasteiger partial charge in [-0.2, -0.15) is 4.98 Å². The van der Waals surface area contributed by atoms with E-state index in [4.69, 9.17) is 9.26 Å². The van der Waals surface area contributed by atoms with Crippen LogP contribution in [0.5, 0.6) is 0 Å². The van der Waals surface area contributed by atoms with Crippen LogP contribution in [0.4, 0.5) is 0 Å². The van der Waals surface area contributed by atoms with Crippen LogP contribution in [0.15, 0.2) is 4.52 Å². The van der Waals surface area contributed by atoms with E-state index in [9.17, 15) is 13.2 Å². The molecule has 1 unspecified atom stereocenters. The van der Waals surface area contributed by atoms with Crippen molar-refractivity contribution in [1.82, 2.24) is 15.0 Å². The molecule has 0 saturated carbocycles. The minimum atomic E-state index is -3.16. The number of ether oxygens (including phenoxy) is 1. The van der Waals surface area contributed by atoms with Crippen LogP contribution in [0.2, 0.25) is 0 Å². The van der Waals surface area contributed by atoms with E-state index in [2.05, 4.69) is 10.1 Å². The summed E-state index contributed by atoms with van der Waals surface area (Å²) in [6.07, 6.45) is 4.28. The molecule has 2 heterocycles. The highest BCUT2D eigenvalue weighted by molar-refractivity contribution is 7.90. The zero-order chi connectivity index (χ0) is 16.9. The molecule has 0 bridgehead atoms. The average Bonchev–Trinajstić information content (AvgIpc) is 2.98. The van der Waals surface area contributed by atoms with Crippen LogP contribution in [0.25, 0.3) is 0 Å². The maximum Gasteiger partial charge on any atom is 0.249 e. The molecule has 1 aliphatic rings. The predicted molar refractivity (Wildman–Crippen MR) is 82.5 cm³/mol. The van der Waals surface area contributed by atoms with Crippen molar-refractivity contribution in [2.75, 3.05) is 32.3 Å². The number of hydrogen-bond donors (Lipinski definition) is 0. The Labute approximate surface area is 136 Å². The molecule has 1 atom stereocenters. The number of nitrogens with zero attached hydrogens (tertiary/aromatic N) is 3. The zero-order valence-corrected chi connectivity index (χ0v) is 14.3. The van der Waals surface area contributed by atoms with Crippen molar-refractivity contribution in [3.05, 3.63) is 11.7 Å². The molecule has 0 radical (unpaired) electrons. The van der Waals surface area contributed by atoms with Gasteiger partial charge in [-0.05, 0) is 19.3 Å². The summed E-state index contributed by atoms with van der Waals surface area (Å²) in [5, 5.41) is 3.91. The topological polar surface area (TPSA) is 103 Å². The van der Waals surface area contributed by atoms with Gasteiger partial charge in [0.1, 0.15) is 15.9 Å². The van der Waals surface area contributed by atoms with E-state index in [1.807, 2.05) is 0 Å². The van der Waals surface area contributed by atoms with Crippen LogP contribution in [0.1, 0.15) is 43.4 Å². The molecular formula is C14H23N3O5S. The Balaban J connectivity index is 2.05. The lowest BCUT2D eigenvalue weighted by atomic mass is 10.0. The third kappa shape index (κ3) is 5.28. The molecule has 0 aliphatic carbocycles. The highest BCUT2D eigenvalue weighted by Gasteiger charge is 2.32. The van der Waals surface area contributed by atoms with Crippen LogP contribution < -0.4 is 0 Å². The van der Waals surface area contributed by atoms with E-state index < -0.39 is 9.84 Å². The average molecular weight is 345 g/mol. The van der Waals surface area contributed by atoms with Gasteiger partial charge in [0, 0.05) is 32.8 Å². The molecule has 130 valence electrons. The van der Waals surface area contributed by atoms with E-state index in [0.717, 1.165) is 25.5 Å². The Morgan fingerprint density at radius 2 is 2.22 bits per heavy atom. The van der Waals surface area contributed by atoms with Crippen molar-refractivity contribution in [1.29, 1.82) is 0 Å². The summed E-state index contributed by atoms with van der Waals surface area (Å²) >= 11 is 0. The van der Waals surface area contributed by atoms with Gasteiger partial charge in [0.05, 0.1) is 12.4 Å². The fraction of sp³-hybridized carbons (Fsp3) is 0.786. The molecule has 1 aromatic rings. The molecule has 1 amide bonds. The SMILES string of the molecule is COCCc1noc(C2CCCCN2C(=O)CCS(C)(=O)=O)n1. The second kappa shape index (κ2) is 7.87. The third-order valence-electron chi connectivity index (χ3n) is 3.81. The molecule has 9 heteroatoms. The van der Waals surface area contributed by atoms with Gasteiger partial charge in [-0.15, -0.1) is 0 Å². The number of carbonyl (C=O) groups is 1. The summed E-state index contributed by atoms with van der Waals surface area (Å²) in [4.78, 5) is 18.4. The van der Waals surface area contributed by atoms with E-state index in [-0.39, 0.29) is 24.1 Å². The molecule has 23 heavy (non-hydrogen) atoms. The second-order valence-electron chi connectivity index (χ2n) is 5.77. The van der Waals surface area contributed by atoms with Gasteiger partial charge in [-0.3, -0.25) is 4.79 Å². The molecule has 1 saturated heterocycles. The molecule has 1 fully saturated rings. The van der Waals surface area contributed by atoms with Gasteiger partial charge < -0.3 is 14.2 Å². The van der Waals surface area contributed by atoms with Crippen LogP contribution in [-0.2, 0) is 25.8 Å². The molecule has 8 nitrogen and oxygen atoms in total. The van der Waals surface area contributed by atoms with Crippen molar-refractivity contribution in [2.24, 2.45) is 0 Å². The number of likely N-dealkylation sites (tertiary alicyclic amines) is 1. The van der Waals surface area contributed by atoms with Gasteiger partial charge >= 0.3 is 0 Å². The predicted octanol–water partition coefficient (Wildman–Crippen LogP) is 0.747. The molecule has 0 aromatic carbocycles. The highest BCUT2D eigenvalue weighted by atomic mass is 32.2. The Hall–Kier alpha value is -1.48. The molecule has 2 rings (SSSR count). The molecule has 0 N–H and O–H groups in total. The summed E-state index contributed by atoms with van der Waals surface area (Å²) in [5.41, 5.74) is 0. The van der Waals surface area contributed by atoms with Gasteiger partial charge in [0.15, 0.2) is 5.82 Å². The molecule has 1 aromatic heterocycles. The van der Waals surface area contributed by atoms with Crippen molar-refractivity contribution in [2.45, 2.75) is 38.1 Å².